The molecule has 0 bridgehead atoms. The molecule has 2 rings (SSSR count). The van der Waals surface area contributed by atoms with E-state index >= 15 is 0 Å². The SMILES string of the molecule is CC(=O)c1ccc(N(C)CC2CC(O)C2)c(F)c1. The van der Waals surface area contributed by atoms with Crippen molar-refractivity contribution in [1.82, 2.24) is 0 Å². The highest BCUT2D eigenvalue weighted by molar-refractivity contribution is 5.94. The Balaban J connectivity index is 2.05. The van der Waals surface area contributed by atoms with Gasteiger partial charge in [-0.15, -0.1) is 0 Å². The van der Waals surface area contributed by atoms with Gasteiger partial charge in [0.2, 0.25) is 0 Å². The van der Waals surface area contributed by atoms with Gasteiger partial charge in [0.1, 0.15) is 5.82 Å². The van der Waals surface area contributed by atoms with E-state index in [9.17, 15) is 14.3 Å². The monoisotopic (exact) mass is 251 g/mol. The van der Waals surface area contributed by atoms with E-state index in [-0.39, 0.29) is 17.7 Å². The molecule has 0 atom stereocenters. The molecule has 0 amide bonds. The molecule has 1 aliphatic carbocycles. The normalized spacial score (nSPS) is 22.4. The van der Waals surface area contributed by atoms with Crippen LogP contribution >= 0.6 is 0 Å². The minimum atomic E-state index is -0.370. The van der Waals surface area contributed by atoms with E-state index in [0.29, 0.717) is 17.2 Å². The van der Waals surface area contributed by atoms with Crippen LogP contribution in [0.25, 0.3) is 0 Å². The number of carbonyl (C=O) groups excluding carboxylic acids is 1. The molecular weight excluding hydrogens is 233 g/mol. The Morgan fingerprint density at radius 3 is 2.67 bits per heavy atom. The number of ketones is 1. The van der Waals surface area contributed by atoms with E-state index in [1.165, 1.54) is 13.0 Å². The molecule has 1 fully saturated rings. The fourth-order valence-electron chi connectivity index (χ4n) is 2.37. The van der Waals surface area contributed by atoms with Gasteiger partial charge in [-0.3, -0.25) is 4.79 Å². The average Bonchev–Trinajstić information content (AvgIpc) is 2.26. The maximum absolute atomic E-state index is 13.9. The summed E-state index contributed by atoms with van der Waals surface area (Å²) in [5, 5.41) is 9.22. The third-order valence-electron chi connectivity index (χ3n) is 3.51. The largest absolute Gasteiger partial charge is 0.393 e. The Kier molecular flexibility index (Phi) is 3.66. The van der Waals surface area contributed by atoms with Crippen LogP contribution in [0.1, 0.15) is 30.1 Å². The number of rotatable bonds is 4. The van der Waals surface area contributed by atoms with Gasteiger partial charge in [-0.2, -0.15) is 0 Å². The molecule has 3 nitrogen and oxygen atoms in total. The fraction of sp³-hybridized carbons (Fsp3) is 0.500. The molecule has 98 valence electrons. The van der Waals surface area contributed by atoms with Crippen molar-refractivity contribution in [2.45, 2.75) is 25.9 Å². The average molecular weight is 251 g/mol. The van der Waals surface area contributed by atoms with Crippen LogP contribution in [0.3, 0.4) is 0 Å². The molecule has 0 radical (unpaired) electrons. The summed E-state index contributed by atoms with van der Waals surface area (Å²) >= 11 is 0. The molecule has 0 spiro atoms. The molecule has 1 aromatic carbocycles. The van der Waals surface area contributed by atoms with Crippen molar-refractivity contribution in [2.24, 2.45) is 5.92 Å². The van der Waals surface area contributed by atoms with Crippen molar-refractivity contribution in [2.75, 3.05) is 18.5 Å². The summed E-state index contributed by atoms with van der Waals surface area (Å²) in [6, 6.07) is 4.57. The van der Waals surface area contributed by atoms with Gasteiger partial charge in [-0.05, 0) is 43.9 Å². The summed E-state index contributed by atoms with van der Waals surface area (Å²) in [5.74, 6) is -0.0767. The zero-order valence-corrected chi connectivity index (χ0v) is 10.7. The van der Waals surface area contributed by atoms with E-state index in [0.717, 1.165) is 19.4 Å². The lowest BCUT2D eigenvalue weighted by atomic mass is 9.82. The lowest BCUT2D eigenvalue weighted by molar-refractivity contribution is 0.0464. The van der Waals surface area contributed by atoms with E-state index in [1.807, 2.05) is 11.9 Å². The van der Waals surface area contributed by atoms with Gasteiger partial charge in [-0.25, -0.2) is 4.39 Å². The molecule has 0 unspecified atom stereocenters. The minimum Gasteiger partial charge on any atom is -0.393 e. The van der Waals surface area contributed by atoms with Crippen LogP contribution in [0.2, 0.25) is 0 Å². The maximum atomic E-state index is 13.9. The second-order valence-corrected chi connectivity index (χ2v) is 5.09. The topological polar surface area (TPSA) is 40.5 Å². The van der Waals surface area contributed by atoms with Crippen LogP contribution in [0.15, 0.2) is 18.2 Å². The Morgan fingerprint density at radius 1 is 1.50 bits per heavy atom. The van der Waals surface area contributed by atoms with Crippen molar-refractivity contribution < 1.29 is 14.3 Å². The third-order valence-corrected chi connectivity index (χ3v) is 3.51. The van der Waals surface area contributed by atoms with E-state index in [2.05, 4.69) is 0 Å². The Hall–Kier alpha value is -1.42. The Labute approximate surface area is 106 Å². The van der Waals surface area contributed by atoms with Crippen LogP contribution in [-0.2, 0) is 0 Å². The highest BCUT2D eigenvalue weighted by atomic mass is 19.1. The van der Waals surface area contributed by atoms with Crippen LogP contribution < -0.4 is 4.90 Å². The molecule has 1 N–H and O–H groups in total. The Bertz CT molecular complexity index is 455. The molecule has 1 saturated carbocycles. The number of hydrogen-bond donors (Lipinski definition) is 1. The van der Waals surface area contributed by atoms with Gasteiger partial charge in [0.05, 0.1) is 11.8 Å². The summed E-state index contributed by atoms with van der Waals surface area (Å²) in [7, 11) is 1.83. The molecule has 4 heteroatoms. The third kappa shape index (κ3) is 2.70. The fourth-order valence-corrected chi connectivity index (χ4v) is 2.37. The van der Waals surface area contributed by atoms with Gasteiger partial charge in [-0.1, -0.05) is 0 Å². The predicted molar refractivity (Wildman–Crippen MR) is 68.4 cm³/mol. The first-order chi connectivity index (χ1) is 8.47. The van der Waals surface area contributed by atoms with E-state index < -0.39 is 0 Å². The second kappa shape index (κ2) is 5.06. The van der Waals surface area contributed by atoms with Gasteiger partial charge in [0.25, 0.3) is 0 Å². The molecule has 1 aliphatic rings. The Morgan fingerprint density at radius 2 is 2.17 bits per heavy atom. The molecule has 0 aliphatic heterocycles. The van der Waals surface area contributed by atoms with Crippen LogP contribution in [0, 0.1) is 11.7 Å². The standard InChI is InChI=1S/C14H18FNO2/c1-9(17)11-3-4-14(13(15)7-11)16(2)8-10-5-12(18)6-10/h3-4,7,10,12,18H,5-6,8H2,1-2H3. The first kappa shape index (κ1) is 13.0. The number of hydrogen-bond acceptors (Lipinski definition) is 3. The van der Waals surface area contributed by atoms with E-state index in [1.54, 1.807) is 12.1 Å². The zero-order chi connectivity index (χ0) is 13.3. The number of aliphatic hydroxyl groups is 1. The second-order valence-electron chi connectivity index (χ2n) is 5.09. The number of carbonyl (C=O) groups is 1. The van der Waals surface area contributed by atoms with Crippen molar-refractivity contribution in [1.29, 1.82) is 0 Å². The number of benzene rings is 1. The van der Waals surface area contributed by atoms with E-state index in [4.69, 9.17) is 0 Å². The van der Waals surface area contributed by atoms with Crippen molar-refractivity contribution in [3.8, 4) is 0 Å². The van der Waals surface area contributed by atoms with Gasteiger partial charge in [0.15, 0.2) is 5.78 Å². The van der Waals surface area contributed by atoms with Gasteiger partial charge < -0.3 is 10.0 Å². The van der Waals surface area contributed by atoms with Gasteiger partial charge in [0, 0.05) is 19.2 Å². The summed E-state index contributed by atoms with van der Waals surface area (Å²) < 4.78 is 13.9. The number of halogens is 1. The first-order valence-corrected chi connectivity index (χ1v) is 6.17. The number of nitrogens with zero attached hydrogens (tertiary/aromatic N) is 1. The summed E-state index contributed by atoms with van der Waals surface area (Å²) in [6.07, 6.45) is 1.39. The smallest absolute Gasteiger partial charge is 0.159 e. The van der Waals surface area contributed by atoms with Gasteiger partial charge >= 0.3 is 0 Å². The van der Waals surface area contributed by atoms with Crippen LogP contribution in [-0.4, -0.2) is 30.6 Å². The minimum absolute atomic E-state index is 0.134. The predicted octanol–water partition coefficient (Wildman–Crippen LogP) is 2.24. The number of aliphatic hydroxyl groups excluding tert-OH is 1. The lowest BCUT2D eigenvalue weighted by Gasteiger charge is -2.35. The molecular formula is C14H18FNO2. The highest BCUT2D eigenvalue weighted by Crippen LogP contribution is 2.30. The molecule has 0 saturated heterocycles. The number of Topliss-reactive ketones (excluding diaryl/α,β-unsaturated/α-hetero) is 1. The summed E-state index contributed by atoms with van der Waals surface area (Å²) in [4.78, 5) is 13.0. The molecule has 1 aromatic rings. The molecule has 18 heavy (non-hydrogen) atoms. The van der Waals surface area contributed by atoms with Crippen molar-refractivity contribution in [3.63, 3.8) is 0 Å². The lowest BCUT2D eigenvalue weighted by Crippen LogP contribution is -2.37. The first-order valence-electron chi connectivity index (χ1n) is 6.17. The maximum Gasteiger partial charge on any atom is 0.159 e. The molecule has 0 heterocycles. The molecule has 0 aromatic heterocycles. The zero-order valence-electron chi connectivity index (χ0n) is 10.7. The quantitative estimate of drug-likeness (QED) is 0.834. The summed E-state index contributed by atoms with van der Waals surface area (Å²) in [6.45, 7) is 2.15. The van der Waals surface area contributed by atoms with Crippen molar-refractivity contribution >= 4 is 11.5 Å². The highest BCUT2D eigenvalue weighted by Gasteiger charge is 2.28. The van der Waals surface area contributed by atoms with Crippen LogP contribution in [0.5, 0.6) is 0 Å². The number of anilines is 1. The van der Waals surface area contributed by atoms with Crippen LogP contribution in [0.4, 0.5) is 10.1 Å². The van der Waals surface area contributed by atoms with Crippen molar-refractivity contribution in [3.05, 3.63) is 29.6 Å². The summed E-state index contributed by atoms with van der Waals surface area (Å²) in [5.41, 5.74) is 0.894.